The Hall–Kier alpha value is -4.12. The Kier molecular flexibility index (Phi) is 14.5. The lowest BCUT2D eigenvalue weighted by Gasteiger charge is -2.36. The van der Waals surface area contributed by atoms with Gasteiger partial charge in [-0.1, -0.05) is 62.6 Å². The molecule has 2 N–H and O–H groups in total. The van der Waals surface area contributed by atoms with Crippen LogP contribution in [0.4, 0.5) is 5.69 Å². The van der Waals surface area contributed by atoms with Crippen LogP contribution in [0.25, 0.3) is 5.69 Å². The van der Waals surface area contributed by atoms with Crippen LogP contribution in [0.3, 0.4) is 0 Å². The van der Waals surface area contributed by atoms with Crippen molar-refractivity contribution in [2.45, 2.75) is 70.4 Å². The monoisotopic (exact) mass is 717 g/mol. The number of nitrogens with zero attached hydrogens (tertiary/aromatic N) is 4. The van der Waals surface area contributed by atoms with Crippen LogP contribution in [-0.2, 0) is 13.0 Å². The van der Waals surface area contributed by atoms with E-state index in [9.17, 15) is 19.5 Å². The van der Waals surface area contributed by atoms with E-state index in [0.29, 0.717) is 53.6 Å². The van der Waals surface area contributed by atoms with Gasteiger partial charge in [0.15, 0.2) is 12.0 Å². The number of carbonyl (C=O) groups excluding carboxylic acids is 3. The average Bonchev–Trinajstić information content (AvgIpc) is 3.54. The van der Waals surface area contributed by atoms with Gasteiger partial charge < -0.3 is 20.2 Å². The van der Waals surface area contributed by atoms with Gasteiger partial charge in [-0.3, -0.25) is 14.4 Å². The second-order valence-electron chi connectivity index (χ2n) is 12.3. The van der Waals surface area contributed by atoms with E-state index in [-0.39, 0.29) is 24.5 Å². The van der Waals surface area contributed by atoms with Crippen LogP contribution in [0, 0.1) is 6.92 Å². The molecule has 1 aromatic heterocycles. The number of halogens is 1. The van der Waals surface area contributed by atoms with Crippen LogP contribution < -0.4 is 5.32 Å². The number of aryl methyl sites for hydroxylation is 1. The van der Waals surface area contributed by atoms with Gasteiger partial charge in [-0.2, -0.15) is 5.10 Å². The molecule has 2 amide bonds. The summed E-state index contributed by atoms with van der Waals surface area (Å²) in [4.78, 5) is 42.7. The summed E-state index contributed by atoms with van der Waals surface area (Å²) < 4.78 is 1.70. The van der Waals surface area contributed by atoms with Crippen molar-refractivity contribution < 1.29 is 19.5 Å². The fourth-order valence-electron chi connectivity index (χ4n) is 5.93. The number of aromatic nitrogens is 2. The molecule has 1 aliphatic heterocycles. The SMILES string of the molecule is CCCCN(CCCC)C(=O)c1cc(C)n(-c2ccc(NC)cc2C(=O)N2Cc3ccccc3C[C@H]2CO)n1.CSc1ccc(Cl)c(C=O)c1. The zero-order valence-electron chi connectivity index (χ0n) is 29.6. The largest absolute Gasteiger partial charge is 0.394 e. The van der Waals surface area contributed by atoms with Crippen LogP contribution in [0.15, 0.2) is 71.6 Å². The van der Waals surface area contributed by atoms with Gasteiger partial charge in [-0.25, -0.2) is 4.68 Å². The molecule has 0 saturated carbocycles. The number of aliphatic hydroxyl groups excluding tert-OH is 1. The van der Waals surface area contributed by atoms with Crippen molar-refractivity contribution in [2.75, 3.05) is 38.3 Å². The van der Waals surface area contributed by atoms with Crippen molar-refractivity contribution in [1.29, 1.82) is 0 Å². The standard InChI is InChI=1S/C31H41N5O3.C8H7ClOS/c1-5-7-15-34(16-8-6-2)31(39)28-17-22(3)36(33-28)29-14-13-25(32-4)19-27(29)30(38)35-20-24-12-10-9-11-23(24)18-26(35)21-37;1-11-7-2-3-8(9)6(4-7)5-10/h9-14,17,19,26,32,37H,5-8,15-16,18,20-21H2,1-4H3;2-5H,1H3/t26-;/m0./s1. The van der Waals surface area contributed by atoms with E-state index in [2.05, 4.69) is 25.2 Å². The van der Waals surface area contributed by atoms with E-state index in [4.69, 9.17) is 16.7 Å². The number of hydrogen-bond donors (Lipinski definition) is 2. The molecule has 4 aromatic rings. The number of carbonyl (C=O) groups is 3. The van der Waals surface area contributed by atoms with Crippen molar-refractivity contribution in [2.24, 2.45) is 0 Å². The fourth-order valence-corrected chi connectivity index (χ4v) is 6.54. The maximum absolute atomic E-state index is 14.1. The summed E-state index contributed by atoms with van der Waals surface area (Å²) in [5.41, 5.74) is 5.84. The van der Waals surface area contributed by atoms with Gasteiger partial charge in [0.25, 0.3) is 11.8 Å². The Balaban J connectivity index is 0.000000435. The summed E-state index contributed by atoms with van der Waals surface area (Å²) in [6.07, 6.45) is 7.25. The summed E-state index contributed by atoms with van der Waals surface area (Å²) in [5, 5.41) is 18.5. The minimum Gasteiger partial charge on any atom is -0.394 e. The van der Waals surface area contributed by atoms with Gasteiger partial charge in [0, 0.05) is 48.5 Å². The van der Waals surface area contributed by atoms with Gasteiger partial charge in [0.05, 0.1) is 28.9 Å². The number of unbranched alkanes of at least 4 members (excludes halogenated alkanes) is 2. The third-order valence-electron chi connectivity index (χ3n) is 8.86. The first-order valence-corrected chi connectivity index (χ1v) is 18.7. The molecule has 0 unspecified atom stereocenters. The number of fused-ring (bicyclic) bond motifs is 1. The highest BCUT2D eigenvalue weighted by Crippen LogP contribution is 2.29. The minimum atomic E-state index is -0.319. The number of nitrogens with one attached hydrogen (secondary N) is 1. The first-order valence-electron chi connectivity index (χ1n) is 17.1. The normalized spacial score (nSPS) is 13.6. The van der Waals surface area contributed by atoms with Gasteiger partial charge >= 0.3 is 0 Å². The molecule has 2 heterocycles. The van der Waals surface area contributed by atoms with Gasteiger partial charge in [0.1, 0.15) is 0 Å². The van der Waals surface area contributed by atoms with E-state index in [0.717, 1.165) is 59.4 Å². The highest BCUT2D eigenvalue weighted by Gasteiger charge is 2.32. The number of benzene rings is 3. The molecule has 1 atom stereocenters. The third-order valence-corrected chi connectivity index (χ3v) is 9.93. The summed E-state index contributed by atoms with van der Waals surface area (Å²) >= 11 is 7.30. The molecule has 50 heavy (non-hydrogen) atoms. The molecule has 0 spiro atoms. The maximum atomic E-state index is 14.1. The van der Waals surface area contributed by atoms with Crippen molar-refractivity contribution in [3.8, 4) is 5.69 Å². The molecular weight excluding hydrogens is 670 g/mol. The molecule has 9 nitrogen and oxygen atoms in total. The Bertz CT molecular complexity index is 1770. The van der Waals surface area contributed by atoms with E-state index in [1.54, 1.807) is 39.5 Å². The predicted octanol–water partition coefficient (Wildman–Crippen LogP) is 7.70. The number of aldehydes is 1. The average molecular weight is 718 g/mol. The number of thioether (sulfide) groups is 1. The second kappa shape index (κ2) is 18.8. The molecule has 11 heteroatoms. The molecule has 0 aliphatic carbocycles. The summed E-state index contributed by atoms with van der Waals surface area (Å²) in [6, 6.07) is 20.5. The molecule has 3 aromatic carbocycles. The number of aliphatic hydroxyl groups is 1. The molecular formula is C39H48ClN5O4S. The Morgan fingerprint density at radius 2 is 1.74 bits per heavy atom. The quantitative estimate of drug-likeness (QED) is 0.108. The third kappa shape index (κ3) is 9.35. The second-order valence-corrected chi connectivity index (χ2v) is 13.6. The molecule has 0 bridgehead atoms. The lowest BCUT2D eigenvalue weighted by molar-refractivity contribution is 0.0544. The molecule has 0 fully saturated rings. The van der Waals surface area contributed by atoms with E-state index < -0.39 is 0 Å². The summed E-state index contributed by atoms with van der Waals surface area (Å²) in [5.74, 6) is -0.252. The van der Waals surface area contributed by atoms with Crippen molar-refractivity contribution in [3.63, 3.8) is 0 Å². The Morgan fingerprint density at radius 3 is 2.36 bits per heavy atom. The fraction of sp³-hybridized carbons (Fsp3) is 0.385. The molecule has 0 radical (unpaired) electrons. The molecule has 5 rings (SSSR count). The maximum Gasteiger partial charge on any atom is 0.274 e. The number of anilines is 1. The minimum absolute atomic E-state index is 0.0774. The number of rotatable bonds is 13. The smallest absolute Gasteiger partial charge is 0.274 e. The van der Waals surface area contributed by atoms with Gasteiger partial charge in [-0.05, 0) is 86.0 Å². The van der Waals surface area contributed by atoms with E-state index >= 15 is 0 Å². The zero-order chi connectivity index (χ0) is 36.2. The lowest BCUT2D eigenvalue weighted by Crippen LogP contribution is -2.46. The topological polar surface area (TPSA) is 108 Å². The van der Waals surface area contributed by atoms with Crippen LogP contribution in [0.5, 0.6) is 0 Å². The number of hydrogen-bond acceptors (Lipinski definition) is 7. The first kappa shape index (κ1) is 38.7. The predicted molar refractivity (Wildman–Crippen MR) is 203 cm³/mol. The van der Waals surface area contributed by atoms with Crippen molar-refractivity contribution >= 4 is 47.2 Å². The highest BCUT2D eigenvalue weighted by molar-refractivity contribution is 7.98. The van der Waals surface area contributed by atoms with Gasteiger partial charge in [-0.15, -0.1) is 11.8 Å². The van der Waals surface area contributed by atoms with E-state index in [1.807, 2.05) is 67.6 Å². The van der Waals surface area contributed by atoms with Crippen molar-refractivity contribution in [1.82, 2.24) is 19.6 Å². The van der Waals surface area contributed by atoms with Crippen LogP contribution in [0.2, 0.25) is 5.02 Å². The molecule has 1 aliphatic rings. The summed E-state index contributed by atoms with van der Waals surface area (Å²) in [6.45, 7) is 7.87. The highest BCUT2D eigenvalue weighted by atomic mass is 35.5. The van der Waals surface area contributed by atoms with Gasteiger partial charge in [0.2, 0.25) is 0 Å². The van der Waals surface area contributed by atoms with Crippen LogP contribution in [0.1, 0.15) is 87.6 Å². The Morgan fingerprint density at radius 1 is 1.04 bits per heavy atom. The lowest BCUT2D eigenvalue weighted by atomic mass is 9.93. The summed E-state index contributed by atoms with van der Waals surface area (Å²) in [7, 11) is 1.81. The first-order chi connectivity index (χ1) is 24.2. The van der Waals surface area contributed by atoms with E-state index in [1.165, 1.54) is 0 Å². The molecule has 0 saturated heterocycles. The Labute approximate surface area is 305 Å². The molecule has 266 valence electrons. The number of amides is 2. The van der Waals surface area contributed by atoms with Crippen molar-refractivity contribution in [3.05, 3.63) is 105 Å². The van der Waals surface area contributed by atoms with Crippen LogP contribution in [-0.4, -0.2) is 81.8 Å². The van der Waals surface area contributed by atoms with Crippen LogP contribution >= 0.6 is 23.4 Å². The zero-order valence-corrected chi connectivity index (χ0v) is 31.2.